The summed E-state index contributed by atoms with van der Waals surface area (Å²) in [6.07, 6.45) is 1.69. The molecule has 0 bridgehead atoms. The van der Waals surface area contributed by atoms with E-state index in [1.807, 2.05) is 6.07 Å². The Morgan fingerprint density at radius 1 is 1.47 bits per heavy atom. The first-order chi connectivity index (χ1) is 8.06. The molecule has 0 spiro atoms. The summed E-state index contributed by atoms with van der Waals surface area (Å²) in [4.78, 5) is 6.69. The molecule has 0 radical (unpaired) electrons. The molecular formula is C12H12BrClN2S. The van der Waals surface area contributed by atoms with Crippen molar-refractivity contribution >= 4 is 44.6 Å². The number of pyridine rings is 1. The van der Waals surface area contributed by atoms with Crippen molar-refractivity contribution < 1.29 is 0 Å². The van der Waals surface area contributed by atoms with E-state index in [1.54, 1.807) is 17.5 Å². The first-order valence-electron chi connectivity index (χ1n) is 5.20. The normalized spacial score (nSPS) is 12.5. The Labute approximate surface area is 118 Å². The maximum Gasteiger partial charge on any atom is 0.152 e. The van der Waals surface area contributed by atoms with E-state index in [9.17, 15) is 0 Å². The maximum absolute atomic E-state index is 6.04. The molecule has 90 valence electrons. The molecule has 1 unspecified atom stereocenters. The van der Waals surface area contributed by atoms with Gasteiger partial charge in [-0.15, -0.1) is 11.3 Å². The number of thiophene rings is 1. The molecular weight excluding hydrogens is 320 g/mol. The van der Waals surface area contributed by atoms with Crippen LogP contribution in [0.15, 0.2) is 28.9 Å². The lowest BCUT2D eigenvalue weighted by molar-refractivity contribution is 0.905. The van der Waals surface area contributed by atoms with Crippen LogP contribution in [0.4, 0.5) is 5.69 Å². The average molecular weight is 332 g/mol. The standard InChI is InChI=1S/C12H12BrClN2S/c1-7-3-4-11(17-7)8(2)16-10-5-9(13)6-15-12(10)14/h3-6,8,16H,1-2H3. The minimum atomic E-state index is 0.224. The van der Waals surface area contributed by atoms with Gasteiger partial charge in [0.05, 0.1) is 11.7 Å². The predicted octanol–water partition coefficient (Wildman–Crippen LogP) is 5.04. The Hall–Kier alpha value is -0.580. The van der Waals surface area contributed by atoms with Gasteiger partial charge in [0.1, 0.15) is 0 Å². The van der Waals surface area contributed by atoms with Crippen molar-refractivity contribution in [2.24, 2.45) is 0 Å². The van der Waals surface area contributed by atoms with E-state index in [2.05, 4.69) is 52.2 Å². The van der Waals surface area contributed by atoms with Gasteiger partial charge in [-0.3, -0.25) is 0 Å². The molecule has 2 heterocycles. The van der Waals surface area contributed by atoms with Gasteiger partial charge < -0.3 is 5.32 Å². The number of hydrogen-bond acceptors (Lipinski definition) is 3. The highest BCUT2D eigenvalue weighted by atomic mass is 79.9. The van der Waals surface area contributed by atoms with Gasteiger partial charge in [0, 0.05) is 20.4 Å². The van der Waals surface area contributed by atoms with Crippen molar-refractivity contribution in [3.05, 3.63) is 43.8 Å². The number of aromatic nitrogens is 1. The van der Waals surface area contributed by atoms with Crippen molar-refractivity contribution in [2.45, 2.75) is 19.9 Å². The summed E-state index contributed by atoms with van der Waals surface area (Å²) in [6.45, 7) is 4.22. The number of rotatable bonds is 3. The highest BCUT2D eigenvalue weighted by Crippen LogP contribution is 2.29. The molecule has 0 aromatic carbocycles. The Bertz CT molecular complexity index is 527. The smallest absolute Gasteiger partial charge is 0.152 e. The number of halogens is 2. The second-order valence-corrected chi connectivity index (χ2v) is 6.40. The fourth-order valence-corrected chi connectivity index (χ4v) is 2.88. The van der Waals surface area contributed by atoms with E-state index < -0.39 is 0 Å². The molecule has 0 saturated carbocycles. The quantitative estimate of drug-likeness (QED) is 0.797. The average Bonchev–Trinajstić information content (AvgIpc) is 2.70. The van der Waals surface area contributed by atoms with Gasteiger partial charge in [-0.25, -0.2) is 4.98 Å². The summed E-state index contributed by atoms with van der Waals surface area (Å²) in [5.41, 5.74) is 0.847. The van der Waals surface area contributed by atoms with Crippen molar-refractivity contribution in [2.75, 3.05) is 5.32 Å². The molecule has 2 aromatic heterocycles. The van der Waals surface area contributed by atoms with Gasteiger partial charge in [-0.05, 0) is 48.0 Å². The van der Waals surface area contributed by atoms with Crippen molar-refractivity contribution in [1.29, 1.82) is 0 Å². The van der Waals surface area contributed by atoms with Crippen LogP contribution in [-0.2, 0) is 0 Å². The largest absolute Gasteiger partial charge is 0.375 e. The van der Waals surface area contributed by atoms with Crippen LogP contribution < -0.4 is 5.32 Å². The zero-order valence-corrected chi connectivity index (χ0v) is 12.7. The van der Waals surface area contributed by atoms with Crippen LogP contribution in [0.1, 0.15) is 22.7 Å². The predicted molar refractivity (Wildman–Crippen MR) is 78.0 cm³/mol. The van der Waals surface area contributed by atoms with Gasteiger partial charge in [0.15, 0.2) is 5.15 Å². The van der Waals surface area contributed by atoms with E-state index in [4.69, 9.17) is 11.6 Å². The molecule has 0 aliphatic rings. The third kappa shape index (κ3) is 3.21. The molecule has 0 aliphatic carbocycles. The van der Waals surface area contributed by atoms with E-state index in [0.717, 1.165) is 10.2 Å². The van der Waals surface area contributed by atoms with Crippen LogP contribution in [0.3, 0.4) is 0 Å². The highest BCUT2D eigenvalue weighted by molar-refractivity contribution is 9.10. The van der Waals surface area contributed by atoms with Crippen LogP contribution in [0.2, 0.25) is 5.15 Å². The number of nitrogens with one attached hydrogen (secondary N) is 1. The molecule has 5 heteroatoms. The molecule has 2 rings (SSSR count). The maximum atomic E-state index is 6.04. The topological polar surface area (TPSA) is 24.9 Å². The van der Waals surface area contributed by atoms with Crippen LogP contribution in [-0.4, -0.2) is 4.98 Å². The molecule has 0 fully saturated rings. The van der Waals surface area contributed by atoms with Crippen LogP contribution >= 0.6 is 38.9 Å². The summed E-state index contributed by atoms with van der Waals surface area (Å²) in [6, 6.07) is 6.42. The molecule has 0 amide bonds. The van der Waals surface area contributed by atoms with E-state index >= 15 is 0 Å². The fourth-order valence-electron chi connectivity index (χ4n) is 1.51. The van der Waals surface area contributed by atoms with E-state index in [0.29, 0.717) is 5.15 Å². The SMILES string of the molecule is Cc1ccc(C(C)Nc2cc(Br)cnc2Cl)s1. The molecule has 1 N–H and O–H groups in total. The van der Waals surface area contributed by atoms with E-state index in [1.165, 1.54) is 9.75 Å². The molecule has 2 nitrogen and oxygen atoms in total. The minimum Gasteiger partial charge on any atom is -0.375 e. The third-order valence-electron chi connectivity index (χ3n) is 2.37. The number of hydrogen-bond donors (Lipinski definition) is 1. The van der Waals surface area contributed by atoms with Gasteiger partial charge in [0.25, 0.3) is 0 Å². The van der Waals surface area contributed by atoms with Gasteiger partial charge >= 0.3 is 0 Å². The highest BCUT2D eigenvalue weighted by Gasteiger charge is 2.10. The van der Waals surface area contributed by atoms with Gasteiger partial charge in [-0.2, -0.15) is 0 Å². The van der Waals surface area contributed by atoms with E-state index in [-0.39, 0.29) is 6.04 Å². The summed E-state index contributed by atoms with van der Waals surface area (Å²) >= 11 is 11.2. The molecule has 0 saturated heterocycles. The number of nitrogens with zero attached hydrogens (tertiary/aromatic N) is 1. The summed E-state index contributed by atoms with van der Waals surface area (Å²) in [7, 11) is 0. The molecule has 2 aromatic rings. The lowest BCUT2D eigenvalue weighted by Crippen LogP contribution is -2.05. The Morgan fingerprint density at radius 2 is 2.24 bits per heavy atom. The summed E-state index contributed by atoms with van der Waals surface area (Å²) in [5.74, 6) is 0. The van der Waals surface area contributed by atoms with Gasteiger partial charge in [0.2, 0.25) is 0 Å². The molecule has 17 heavy (non-hydrogen) atoms. The Balaban J connectivity index is 2.18. The van der Waals surface area contributed by atoms with Crippen LogP contribution in [0, 0.1) is 6.92 Å². The second kappa shape index (κ2) is 5.38. The third-order valence-corrected chi connectivity index (χ3v) is 4.28. The fraction of sp³-hybridized carbons (Fsp3) is 0.250. The zero-order chi connectivity index (χ0) is 12.4. The Kier molecular flexibility index (Phi) is 4.07. The number of anilines is 1. The van der Waals surface area contributed by atoms with Crippen LogP contribution in [0.5, 0.6) is 0 Å². The van der Waals surface area contributed by atoms with Crippen molar-refractivity contribution in [3.63, 3.8) is 0 Å². The summed E-state index contributed by atoms with van der Waals surface area (Å²) in [5, 5.41) is 3.86. The Morgan fingerprint density at radius 3 is 2.88 bits per heavy atom. The van der Waals surface area contributed by atoms with Crippen LogP contribution in [0.25, 0.3) is 0 Å². The second-order valence-electron chi connectivity index (χ2n) is 3.81. The monoisotopic (exact) mass is 330 g/mol. The molecule has 1 atom stereocenters. The lowest BCUT2D eigenvalue weighted by atomic mass is 10.2. The lowest BCUT2D eigenvalue weighted by Gasteiger charge is -2.14. The first kappa shape index (κ1) is 12.9. The number of aryl methyl sites for hydroxylation is 1. The first-order valence-corrected chi connectivity index (χ1v) is 7.19. The van der Waals surface area contributed by atoms with Crippen molar-refractivity contribution in [3.8, 4) is 0 Å². The van der Waals surface area contributed by atoms with Gasteiger partial charge in [-0.1, -0.05) is 11.6 Å². The molecule has 0 aliphatic heterocycles. The van der Waals surface area contributed by atoms with Crippen molar-refractivity contribution in [1.82, 2.24) is 4.98 Å². The summed E-state index contributed by atoms with van der Waals surface area (Å²) < 4.78 is 0.916. The minimum absolute atomic E-state index is 0.224. The zero-order valence-electron chi connectivity index (χ0n) is 9.50.